The topological polar surface area (TPSA) is 68.3 Å². The highest BCUT2D eigenvalue weighted by molar-refractivity contribution is 9.10. The fraction of sp³-hybridized carbons (Fsp3) is 0.286. The monoisotopic (exact) mass is 268 g/mol. The summed E-state index contributed by atoms with van der Waals surface area (Å²) in [5.74, 6) is -0.171. The smallest absolute Gasteiger partial charge is 0.254 e. The van der Waals surface area contributed by atoms with Crippen LogP contribution in [0.5, 0.6) is 0 Å². The van der Waals surface area contributed by atoms with Crippen molar-refractivity contribution in [3.63, 3.8) is 0 Å². The van der Waals surface area contributed by atoms with Crippen LogP contribution in [0, 0.1) is 0 Å². The SMILES string of the molecule is Cl.NCCNC(=O)c1coc(Br)c1. The van der Waals surface area contributed by atoms with Crippen molar-refractivity contribution in [3.8, 4) is 0 Å². The largest absolute Gasteiger partial charge is 0.457 e. The molecule has 0 saturated heterocycles. The average molecular weight is 270 g/mol. The third-order valence-electron chi connectivity index (χ3n) is 1.26. The van der Waals surface area contributed by atoms with Gasteiger partial charge in [0.25, 0.3) is 5.91 Å². The molecule has 0 radical (unpaired) electrons. The van der Waals surface area contributed by atoms with E-state index in [0.29, 0.717) is 23.3 Å². The molecule has 0 aliphatic rings. The quantitative estimate of drug-likeness (QED) is 0.865. The zero-order valence-electron chi connectivity index (χ0n) is 6.75. The Labute approximate surface area is 90.4 Å². The number of hydrogen-bond donors (Lipinski definition) is 2. The number of carbonyl (C=O) groups is 1. The zero-order chi connectivity index (χ0) is 8.97. The van der Waals surface area contributed by atoms with Gasteiger partial charge in [-0.1, -0.05) is 0 Å². The summed E-state index contributed by atoms with van der Waals surface area (Å²) < 4.78 is 5.43. The van der Waals surface area contributed by atoms with E-state index in [2.05, 4.69) is 21.2 Å². The average Bonchev–Trinajstić information content (AvgIpc) is 2.47. The molecule has 1 aromatic rings. The van der Waals surface area contributed by atoms with Crippen LogP contribution in [0.25, 0.3) is 0 Å². The summed E-state index contributed by atoms with van der Waals surface area (Å²) in [6, 6.07) is 1.60. The van der Waals surface area contributed by atoms with Gasteiger partial charge in [0.2, 0.25) is 0 Å². The van der Waals surface area contributed by atoms with Gasteiger partial charge >= 0.3 is 0 Å². The molecule has 1 amide bonds. The van der Waals surface area contributed by atoms with Crippen LogP contribution in [0.3, 0.4) is 0 Å². The Hall–Kier alpha value is -0.520. The maximum absolute atomic E-state index is 11.2. The number of nitrogens with one attached hydrogen (secondary N) is 1. The molecule has 13 heavy (non-hydrogen) atoms. The van der Waals surface area contributed by atoms with Crippen LogP contribution < -0.4 is 11.1 Å². The van der Waals surface area contributed by atoms with Gasteiger partial charge in [0.1, 0.15) is 6.26 Å². The molecular formula is C7H10BrClN2O2. The number of hydrogen-bond acceptors (Lipinski definition) is 3. The van der Waals surface area contributed by atoms with Crippen molar-refractivity contribution in [1.82, 2.24) is 5.32 Å². The van der Waals surface area contributed by atoms with E-state index in [-0.39, 0.29) is 18.3 Å². The lowest BCUT2D eigenvalue weighted by Gasteiger charge is -1.98. The van der Waals surface area contributed by atoms with Crippen LogP contribution in [0.15, 0.2) is 21.4 Å². The molecule has 0 atom stereocenters. The van der Waals surface area contributed by atoms with E-state index in [1.807, 2.05) is 0 Å². The maximum atomic E-state index is 11.2. The molecule has 1 heterocycles. The fourth-order valence-corrected chi connectivity index (χ4v) is 1.06. The van der Waals surface area contributed by atoms with Gasteiger partial charge in [-0.3, -0.25) is 4.79 Å². The van der Waals surface area contributed by atoms with E-state index in [0.717, 1.165) is 0 Å². The first kappa shape index (κ1) is 12.5. The molecule has 0 unspecified atom stereocenters. The van der Waals surface area contributed by atoms with Gasteiger partial charge in [-0.25, -0.2) is 0 Å². The van der Waals surface area contributed by atoms with Crippen molar-refractivity contribution < 1.29 is 9.21 Å². The lowest BCUT2D eigenvalue weighted by atomic mass is 10.3. The number of rotatable bonds is 3. The molecule has 0 aliphatic heterocycles. The molecule has 0 aliphatic carbocycles. The summed E-state index contributed by atoms with van der Waals surface area (Å²) in [6.07, 6.45) is 1.38. The summed E-state index contributed by atoms with van der Waals surface area (Å²) >= 11 is 3.10. The number of furan rings is 1. The molecule has 0 bridgehead atoms. The van der Waals surface area contributed by atoms with Crippen molar-refractivity contribution in [1.29, 1.82) is 0 Å². The van der Waals surface area contributed by atoms with E-state index < -0.39 is 0 Å². The molecule has 1 aromatic heterocycles. The van der Waals surface area contributed by atoms with E-state index in [1.54, 1.807) is 6.07 Å². The molecule has 3 N–H and O–H groups in total. The summed E-state index contributed by atoms with van der Waals surface area (Å²) in [7, 11) is 0. The Morgan fingerprint density at radius 3 is 2.85 bits per heavy atom. The van der Waals surface area contributed by atoms with Crippen LogP contribution in [0.2, 0.25) is 0 Å². The van der Waals surface area contributed by atoms with Gasteiger partial charge in [-0.2, -0.15) is 0 Å². The predicted molar refractivity (Wildman–Crippen MR) is 55.0 cm³/mol. The van der Waals surface area contributed by atoms with Gasteiger partial charge in [-0.15, -0.1) is 12.4 Å². The summed E-state index contributed by atoms with van der Waals surface area (Å²) in [4.78, 5) is 11.2. The van der Waals surface area contributed by atoms with Crippen LogP contribution in [-0.2, 0) is 0 Å². The second-order valence-electron chi connectivity index (χ2n) is 2.18. The molecule has 0 fully saturated rings. The Bertz CT molecular complexity index is 277. The van der Waals surface area contributed by atoms with Gasteiger partial charge in [-0.05, 0) is 15.9 Å². The van der Waals surface area contributed by atoms with Crippen molar-refractivity contribution in [3.05, 3.63) is 22.6 Å². The maximum Gasteiger partial charge on any atom is 0.254 e. The van der Waals surface area contributed by atoms with Crippen molar-refractivity contribution >= 4 is 34.2 Å². The third-order valence-corrected chi connectivity index (χ3v) is 1.68. The molecule has 0 aromatic carbocycles. The Morgan fingerprint density at radius 1 is 1.69 bits per heavy atom. The first-order valence-corrected chi connectivity index (χ1v) is 4.25. The highest BCUT2D eigenvalue weighted by atomic mass is 79.9. The van der Waals surface area contributed by atoms with Crippen LogP contribution >= 0.6 is 28.3 Å². The first-order chi connectivity index (χ1) is 5.74. The van der Waals surface area contributed by atoms with E-state index in [4.69, 9.17) is 10.2 Å². The molecule has 6 heteroatoms. The number of nitrogens with two attached hydrogens (primary N) is 1. The molecule has 74 valence electrons. The van der Waals surface area contributed by atoms with Gasteiger partial charge in [0.05, 0.1) is 5.56 Å². The molecular weight excluding hydrogens is 259 g/mol. The summed E-state index contributed by atoms with van der Waals surface area (Å²) in [5.41, 5.74) is 5.71. The van der Waals surface area contributed by atoms with Crippen LogP contribution in [-0.4, -0.2) is 19.0 Å². The highest BCUT2D eigenvalue weighted by Gasteiger charge is 2.07. The van der Waals surface area contributed by atoms with Gasteiger partial charge in [0.15, 0.2) is 4.67 Å². The summed E-state index contributed by atoms with van der Waals surface area (Å²) in [6.45, 7) is 0.909. The molecule has 0 spiro atoms. The molecule has 4 nitrogen and oxygen atoms in total. The lowest BCUT2D eigenvalue weighted by Crippen LogP contribution is -2.28. The fourth-order valence-electron chi connectivity index (χ4n) is 0.717. The van der Waals surface area contributed by atoms with Gasteiger partial charge in [0, 0.05) is 19.2 Å². The van der Waals surface area contributed by atoms with Crippen molar-refractivity contribution in [2.75, 3.05) is 13.1 Å². The second kappa shape index (κ2) is 6.01. The number of carbonyl (C=O) groups excluding carboxylic acids is 1. The normalized spacial score (nSPS) is 9.08. The van der Waals surface area contributed by atoms with Crippen molar-refractivity contribution in [2.24, 2.45) is 5.73 Å². The Kier molecular flexibility index (Phi) is 5.77. The lowest BCUT2D eigenvalue weighted by molar-refractivity contribution is 0.0954. The molecule has 0 saturated carbocycles. The summed E-state index contributed by atoms with van der Waals surface area (Å²) in [5, 5.41) is 2.62. The zero-order valence-corrected chi connectivity index (χ0v) is 9.15. The minimum Gasteiger partial charge on any atom is -0.457 e. The van der Waals surface area contributed by atoms with E-state index >= 15 is 0 Å². The Balaban J connectivity index is 0.00000144. The molecule has 1 rings (SSSR count). The van der Waals surface area contributed by atoms with Crippen LogP contribution in [0.1, 0.15) is 10.4 Å². The minimum absolute atomic E-state index is 0. The Morgan fingerprint density at radius 2 is 2.38 bits per heavy atom. The predicted octanol–water partition coefficient (Wildman–Crippen LogP) is 1.15. The first-order valence-electron chi connectivity index (χ1n) is 3.46. The van der Waals surface area contributed by atoms with Crippen LogP contribution in [0.4, 0.5) is 0 Å². The minimum atomic E-state index is -0.171. The van der Waals surface area contributed by atoms with Crippen molar-refractivity contribution in [2.45, 2.75) is 0 Å². The van der Waals surface area contributed by atoms with E-state index in [1.165, 1.54) is 6.26 Å². The number of amides is 1. The second-order valence-corrected chi connectivity index (χ2v) is 2.97. The highest BCUT2D eigenvalue weighted by Crippen LogP contribution is 2.13. The number of halogens is 2. The van der Waals surface area contributed by atoms with E-state index in [9.17, 15) is 4.79 Å². The van der Waals surface area contributed by atoms with Gasteiger partial charge < -0.3 is 15.5 Å². The third kappa shape index (κ3) is 3.80. The standard InChI is InChI=1S/C7H9BrN2O2.ClH/c8-6-3-5(4-12-6)7(11)10-2-1-9;/h3-4H,1-2,9H2,(H,10,11);1H.